The van der Waals surface area contributed by atoms with E-state index in [1.54, 1.807) is 6.92 Å². The lowest BCUT2D eigenvalue weighted by molar-refractivity contribution is -0.173. The highest BCUT2D eigenvalue weighted by molar-refractivity contribution is 5.99. The Morgan fingerprint density at radius 3 is 2.17 bits per heavy atom. The molecule has 1 unspecified atom stereocenters. The zero-order chi connectivity index (χ0) is 13.8. The first-order valence-electron chi connectivity index (χ1n) is 6.87. The molecule has 1 N–H and O–H groups in total. The van der Waals surface area contributed by atoms with Gasteiger partial charge < -0.3 is 9.84 Å². The average molecular weight is 256 g/mol. The van der Waals surface area contributed by atoms with Crippen molar-refractivity contribution >= 4 is 11.9 Å². The lowest BCUT2D eigenvalue weighted by Gasteiger charge is -2.36. The Balaban J connectivity index is 2.80. The van der Waals surface area contributed by atoms with Crippen molar-refractivity contribution in [2.45, 2.75) is 52.9 Å². The highest BCUT2D eigenvalue weighted by atomic mass is 16.5. The summed E-state index contributed by atoms with van der Waals surface area (Å²) in [6.07, 6.45) is 4.78. The molecule has 1 saturated carbocycles. The predicted octanol–water partition coefficient (Wildman–Crippen LogP) is 2.86. The predicted molar refractivity (Wildman–Crippen MR) is 68.1 cm³/mol. The van der Waals surface area contributed by atoms with E-state index in [4.69, 9.17) is 4.74 Å². The molecule has 0 aromatic heterocycles. The number of carbonyl (C=O) groups excluding carboxylic acids is 1. The van der Waals surface area contributed by atoms with E-state index in [1.165, 1.54) is 6.92 Å². The molecule has 0 bridgehead atoms. The number of hydrogen-bond acceptors (Lipinski definition) is 3. The second-order valence-electron chi connectivity index (χ2n) is 5.35. The second-order valence-corrected chi connectivity index (χ2v) is 5.35. The standard InChI is InChI=1S/C14H24O4/c1-4-10-6-8-11(9-7-10)14(3,12(15)16)13(17)18-5-2/h10-11H,4-9H2,1-3H3,(H,15,16). The van der Waals surface area contributed by atoms with Gasteiger partial charge in [-0.25, -0.2) is 0 Å². The van der Waals surface area contributed by atoms with E-state index in [9.17, 15) is 14.7 Å². The lowest BCUT2D eigenvalue weighted by atomic mass is 9.67. The zero-order valence-corrected chi connectivity index (χ0v) is 11.6. The first-order chi connectivity index (χ1) is 8.46. The number of carbonyl (C=O) groups is 2. The van der Waals surface area contributed by atoms with E-state index in [-0.39, 0.29) is 12.5 Å². The van der Waals surface area contributed by atoms with Crippen LogP contribution in [0.3, 0.4) is 0 Å². The Morgan fingerprint density at radius 2 is 1.78 bits per heavy atom. The molecule has 1 aliphatic carbocycles. The van der Waals surface area contributed by atoms with E-state index in [0.29, 0.717) is 5.92 Å². The normalized spacial score (nSPS) is 27.3. The van der Waals surface area contributed by atoms with Crippen molar-refractivity contribution < 1.29 is 19.4 Å². The monoisotopic (exact) mass is 256 g/mol. The van der Waals surface area contributed by atoms with Crippen LogP contribution in [0.5, 0.6) is 0 Å². The van der Waals surface area contributed by atoms with E-state index in [0.717, 1.165) is 32.1 Å². The van der Waals surface area contributed by atoms with Crippen molar-refractivity contribution in [2.75, 3.05) is 6.61 Å². The molecular weight excluding hydrogens is 232 g/mol. The van der Waals surface area contributed by atoms with E-state index in [1.807, 2.05) is 0 Å². The van der Waals surface area contributed by atoms with Gasteiger partial charge in [-0.2, -0.15) is 0 Å². The molecule has 4 heteroatoms. The van der Waals surface area contributed by atoms with Crippen LogP contribution in [0.15, 0.2) is 0 Å². The van der Waals surface area contributed by atoms with Gasteiger partial charge in [0.05, 0.1) is 6.61 Å². The van der Waals surface area contributed by atoms with E-state index >= 15 is 0 Å². The summed E-state index contributed by atoms with van der Waals surface area (Å²) in [5.74, 6) is -1.06. The lowest BCUT2D eigenvalue weighted by Crippen LogP contribution is -2.45. The SMILES string of the molecule is CCOC(=O)C(C)(C(=O)O)C1CCC(CC)CC1. The Kier molecular flexibility index (Phi) is 5.17. The Labute approximate surface area is 109 Å². The number of esters is 1. The molecule has 18 heavy (non-hydrogen) atoms. The largest absolute Gasteiger partial charge is 0.480 e. The van der Waals surface area contributed by atoms with Gasteiger partial charge >= 0.3 is 11.9 Å². The molecular formula is C14H24O4. The molecule has 0 aliphatic heterocycles. The minimum atomic E-state index is -1.38. The number of carboxylic acids is 1. The van der Waals surface area contributed by atoms with Crippen LogP contribution >= 0.6 is 0 Å². The molecule has 0 heterocycles. The molecule has 0 aromatic rings. The number of hydrogen-bond donors (Lipinski definition) is 1. The van der Waals surface area contributed by atoms with Gasteiger partial charge in [-0.1, -0.05) is 26.2 Å². The molecule has 1 fully saturated rings. The highest BCUT2D eigenvalue weighted by Crippen LogP contribution is 2.42. The topological polar surface area (TPSA) is 63.6 Å². The van der Waals surface area contributed by atoms with Crippen molar-refractivity contribution in [3.63, 3.8) is 0 Å². The molecule has 0 saturated heterocycles. The molecule has 1 rings (SSSR count). The fourth-order valence-electron chi connectivity index (χ4n) is 2.86. The quantitative estimate of drug-likeness (QED) is 0.607. The summed E-state index contributed by atoms with van der Waals surface area (Å²) in [5.41, 5.74) is -1.38. The second kappa shape index (κ2) is 6.21. The van der Waals surface area contributed by atoms with Crippen LogP contribution in [0.25, 0.3) is 0 Å². The molecule has 1 atom stereocenters. The molecule has 4 nitrogen and oxygen atoms in total. The van der Waals surface area contributed by atoms with Crippen LogP contribution in [-0.4, -0.2) is 23.7 Å². The first kappa shape index (κ1) is 15.0. The van der Waals surface area contributed by atoms with E-state index < -0.39 is 17.4 Å². The fourth-order valence-corrected chi connectivity index (χ4v) is 2.86. The summed E-state index contributed by atoms with van der Waals surface area (Å²) >= 11 is 0. The molecule has 1 aliphatic rings. The van der Waals surface area contributed by atoms with Crippen LogP contribution in [0, 0.1) is 17.3 Å². The van der Waals surface area contributed by atoms with Gasteiger partial charge in [-0.15, -0.1) is 0 Å². The third-order valence-electron chi connectivity index (χ3n) is 4.38. The molecule has 104 valence electrons. The third-order valence-corrected chi connectivity index (χ3v) is 4.38. The van der Waals surface area contributed by atoms with Crippen molar-refractivity contribution in [3.8, 4) is 0 Å². The van der Waals surface area contributed by atoms with Gasteiger partial charge in [0.15, 0.2) is 5.41 Å². The zero-order valence-electron chi connectivity index (χ0n) is 11.6. The summed E-state index contributed by atoms with van der Waals surface area (Å²) in [5, 5.41) is 9.40. The average Bonchev–Trinajstić information content (AvgIpc) is 2.37. The Morgan fingerprint density at radius 1 is 1.22 bits per heavy atom. The fraction of sp³-hybridized carbons (Fsp3) is 0.857. The van der Waals surface area contributed by atoms with Gasteiger partial charge in [0, 0.05) is 0 Å². The summed E-state index contributed by atoms with van der Waals surface area (Å²) < 4.78 is 4.95. The minimum Gasteiger partial charge on any atom is -0.480 e. The summed E-state index contributed by atoms with van der Waals surface area (Å²) in [4.78, 5) is 23.4. The van der Waals surface area contributed by atoms with Crippen molar-refractivity contribution in [1.82, 2.24) is 0 Å². The van der Waals surface area contributed by atoms with Crippen molar-refractivity contribution in [2.24, 2.45) is 17.3 Å². The maximum atomic E-state index is 12.0. The van der Waals surface area contributed by atoms with Crippen LogP contribution < -0.4 is 0 Å². The van der Waals surface area contributed by atoms with Gasteiger partial charge in [0.1, 0.15) is 0 Å². The maximum absolute atomic E-state index is 12.0. The van der Waals surface area contributed by atoms with Crippen LogP contribution in [0.2, 0.25) is 0 Å². The van der Waals surface area contributed by atoms with Gasteiger partial charge in [-0.3, -0.25) is 9.59 Å². The van der Waals surface area contributed by atoms with E-state index in [2.05, 4.69) is 6.92 Å². The molecule has 0 amide bonds. The van der Waals surface area contributed by atoms with Gasteiger partial charge in [0.25, 0.3) is 0 Å². The summed E-state index contributed by atoms with van der Waals surface area (Å²) in [6.45, 7) is 5.61. The summed E-state index contributed by atoms with van der Waals surface area (Å²) in [6, 6.07) is 0. The highest BCUT2D eigenvalue weighted by Gasteiger charge is 2.50. The van der Waals surface area contributed by atoms with Gasteiger partial charge in [-0.05, 0) is 38.5 Å². The number of carboxylic acid groups (broad SMARTS) is 1. The minimum absolute atomic E-state index is 0.100. The smallest absolute Gasteiger partial charge is 0.323 e. The van der Waals surface area contributed by atoms with Crippen molar-refractivity contribution in [1.29, 1.82) is 0 Å². The van der Waals surface area contributed by atoms with Gasteiger partial charge in [0.2, 0.25) is 0 Å². The van der Waals surface area contributed by atoms with Crippen molar-refractivity contribution in [3.05, 3.63) is 0 Å². The van der Waals surface area contributed by atoms with Crippen LogP contribution in [-0.2, 0) is 14.3 Å². The molecule has 0 aromatic carbocycles. The number of ether oxygens (including phenoxy) is 1. The Bertz CT molecular complexity index is 305. The number of aliphatic carboxylic acids is 1. The summed E-state index contributed by atoms with van der Waals surface area (Å²) in [7, 11) is 0. The number of rotatable bonds is 5. The first-order valence-corrected chi connectivity index (χ1v) is 6.87. The Hall–Kier alpha value is -1.06. The van der Waals surface area contributed by atoms with Crippen LogP contribution in [0.4, 0.5) is 0 Å². The van der Waals surface area contributed by atoms with Crippen LogP contribution in [0.1, 0.15) is 52.9 Å². The molecule has 0 radical (unpaired) electrons. The molecule has 0 spiro atoms. The maximum Gasteiger partial charge on any atom is 0.323 e. The third kappa shape index (κ3) is 2.85.